The fourth-order valence-corrected chi connectivity index (χ4v) is 4.05. The van der Waals surface area contributed by atoms with Crippen molar-refractivity contribution in [1.29, 1.82) is 0 Å². The van der Waals surface area contributed by atoms with E-state index < -0.39 is 0 Å². The number of carbonyl (C=O) groups is 1. The highest BCUT2D eigenvalue weighted by Crippen LogP contribution is 2.26. The second kappa shape index (κ2) is 8.59. The van der Waals surface area contributed by atoms with E-state index in [1.54, 1.807) is 17.3 Å². The van der Waals surface area contributed by atoms with Crippen LogP contribution in [0.25, 0.3) is 16.8 Å². The molecular weight excluding hydrogens is 416 g/mol. The van der Waals surface area contributed by atoms with Gasteiger partial charge in [0.05, 0.1) is 29.3 Å². The molecule has 9 nitrogen and oxygen atoms in total. The molecule has 1 amide bonds. The maximum atomic E-state index is 12.3. The summed E-state index contributed by atoms with van der Waals surface area (Å²) in [6.07, 6.45) is 8.42. The molecule has 1 saturated heterocycles. The van der Waals surface area contributed by atoms with Gasteiger partial charge in [0.15, 0.2) is 0 Å². The quantitative estimate of drug-likeness (QED) is 0.486. The van der Waals surface area contributed by atoms with Crippen molar-refractivity contribution in [1.82, 2.24) is 24.6 Å². The lowest BCUT2D eigenvalue weighted by atomic mass is 10.0. The molecule has 5 rings (SSSR count). The summed E-state index contributed by atoms with van der Waals surface area (Å²) in [6.45, 7) is 4.93. The molecule has 33 heavy (non-hydrogen) atoms. The van der Waals surface area contributed by atoms with Crippen molar-refractivity contribution in [3.63, 3.8) is 0 Å². The zero-order chi connectivity index (χ0) is 22.9. The van der Waals surface area contributed by atoms with Crippen LogP contribution in [-0.2, 0) is 4.79 Å². The van der Waals surface area contributed by atoms with Gasteiger partial charge in [-0.05, 0) is 42.7 Å². The number of nitrogens with one attached hydrogen (secondary N) is 1. The molecule has 1 aliphatic heterocycles. The normalized spacial score (nSPS) is 16.5. The Morgan fingerprint density at radius 3 is 2.79 bits per heavy atom. The molecule has 0 radical (unpaired) electrons. The molecule has 0 saturated carbocycles. The Morgan fingerprint density at radius 2 is 2.03 bits per heavy atom. The van der Waals surface area contributed by atoms with Gasteiger partial charge in [0, 0.05) is 42.5 Å². The van der Waals surface area contributed by atoms with E-state index in [4.69, 9.17) is 5.73 Å². The van der Waals surface area contributed by atoms with E-state index in [2.05, 4.69) is 45.3 Å². The van der Waals surface area contributed by atoms with E-state index in [1.807, 2.05) is 41.2 Å². The molecular formula is C24H26N8O. The average Bonchev–Trinajstić information content (AvgIpc) is 3.24. The van der Waals surface area contributed by atoms with Gasteiger partial charge in [-0.3, -0.25) is 4.79 Å². The van der Waals surface area contributed by atoms with E-state index >= 15 is 0 Å². The van der Waals surface area contributed by atoms with Gasteiger partial charge in [0.25, 0.3) is 0 Å². The van der Waals surface area contributed by atoms with Crippen LogP contribution in [0.2, 0.25) is 0 Å². The number of nitrogens with zero attached hydrogens (tertiary/aromatic N) is 6. The van der Waals surface area contributed by atoms with Crippen LogP contribution in [0.1, 0.15) is 38.2 Å². The third kappa shape index (κ3) is 4.27. The number of carbonyl (C=O) groups excluding carboxylic acids is 1. The minimum absolute atomic E-state index is 0.0306. The van der Waals surface area contributed by atoms with Crippen molar-refractivity contribution in [2.45, 2.75) is 38.6 Å². The van der Waals surface area contributed by atoms with Crippen LogP contribution in [0.15, 0.2) is 55.1 Å². The summed E-state index contributed by atoms with van der Waals surface area (Å²) < 4.78 is 1.88. The smallest absolute Gasteiger partial charge is 0.228 e. The molecule has 0 aromatic carbocycles. The Hall–Kier alpha value is -3.85. The van der Waals surface area contributed by atoms with Crippen LogP contribution < -0.4 is 16.0 Å². The van der Waals surface area contributed by atoms with Gasteiger partial charge < -0.3 is 16.0 Å². The molecule has 4 aromatic heterocycles. The number of amides is 1. The monoisotopic (exact) mass is 442 g/mol. The second-order valence-electron chi connectivity index (χ2n) is 8.59. The second-order valence-corrected chi connectivity index (χ2v) is 8.59. The molecule has 1 fully saturated rings. The summed E-state index contributed by atoms with van der Waals surface area (Å²) in [7, 11) is 0. The summed E-state index contributed by atoms with van der Waals surface area (Å²) >= 11 is 0. The standard InChI is InChI=1S/C24H26N8O/c1-15(2)19-14-28-32-10-6-16(11-21(19)32)20-5-8-26-24(29-20)30-22-4-3-18(13-27-22)31-9-7-17(25)12-23(31)33/h3-6,8,10-11,13-15,17H,7,9,12,25H2,1-2H3,(H,26,27,29,30). The maximum Gasteiger partial charge on any atom is 0.228 e. The molecule has 3 N–H and O–H groups in total. The Balaban J connectivity index is 1.35. The first kappa shape index (κ1) is 21.0. The predicted molar refractivity (Wildman–Crippen MR) is 127 cm³/mol. The first-order valence-electron chi connectivity index (χ1n) is 11.1. The lowest BCUT2D eigenvalue weighted by Gasteiger charge is -2.29. The van der Waals surface area contributed by atoms with Crippen LogP contribution >= 0.6 is 0 Å². The molecule has 5 heterocycles. The van der Waals surface area contributed by atoms with Crippen LogP contribution in [0.5, 0.6) is 0 Å². The third-order valence-electron chi connectivity index (χ3n) is 5.89. The van der Waals surface area contributed by atoms with E-state index in [1.165, 1.54) is 5.56 Å². The Kier molecular flexibility index (Phi) is 5.47. The number of nitrogens with two attached hydrogens (primary N) is 1. The average molecular weight is 443 g/mol. The largest absolute Gasteiger partial charge is 0.327 e. The zero-order valence-electron chi connectivity index (χ0n) is 18.6. The number of anilines is 3. The number of hydrogen-bond acceptors (Lipinski definition) is 7. The lowest BCUT2D eigenvalue weighted by molar-refractivity contribution is -0.119. The van der Waals surface area contributed by atoms with Gasteiger partial charge in [-0.2, -0.15) is 5.10 Å². The number of rotatable bonds is 5. The van der Waals surface area contributed by atoms with Crippen molar-refractivity contribution in [3.8, 4) is 11.3 Å². The summed E-state index contributed by atoms with van der Waals surface area (Å²) in [6, 6.07) is 9.60. The maximum absolute atomic E-state index is 12.3. The fraction of sp³-hybridized carbons (Fsp3) is 0.292. The molecule has 1 aliphatic rings. The zero-order valence-corrected chi connectivity index (χ0v) is 18.6. The number of hydrogen-bond donors (Lipinski definition) is 2. The topological polar surface area (TPSA) is 114 Å². The van der Waals surface area contributed by atoms with E-state index in [-0.39, 0.29) is 11.9 Å². The third-order valence-corrected chi connectivity index (χ3v) is 5.89. The minimum Gasteiger partial charge on any atom is -0.327 e. The lowest BCUT2D eigenvalue weighted by Crippen LogP contribution is -2.44. The SMILES string of the molecule is CC(C)c1cnn2ccc(-c3ccnc(Nc4ccc(N5CCC(N)CC5=O)cn4)n3)cc12. The van der Waals surface area contributed by atoms with E-state index in [9.17, 15) is 4.79 Å². The van der Waals surface area contributed by atoms with Crippen molar-refractivity contribution in [2.75, 3.05) is 16.8 Å². The summed E-state index contributed by atoms with van der Waals surface area (Å²) in [5.41, 5.74) is 10.7. The Bertz CT molecular complexity index is 1300. The number of pyridine rings is 2. The van der Waals surface area contributed by atoms with Crippen LogP contribution in [0.4, 0.5) is 17.5 Å². The number of fused-ring (bicyclic) bond motifs is 1. The molecule has 1 unspecified atom stereocenters. The van der Waals surface area contributed by atoms with Crippen molar-refractivity contribution < 1.29 is 4.79 Å². The molecule has 4 aromatic rings. The van der Waals surface area contributed by atoms with Crippen molar-refractivity contribution >= 4 is 28.9 Å². The molecule has 0 spiro atoms. The van der Waals surface area contributed by atoms with Gasteiger partial charge >= 0.3 is 0 Å². The van der Waals surface area contributed by atoms with E-state index in [0.717, 1.165) is 28.9 Å². The Morgan fingerprint density at radius 1 is 1.15 bits per heavy atom. The molecule has 9 heteroatoms. The van der Waals surface area contributed by atoms with Crippen LogP contribution in [0, 0.1) is 0 Å². The van der Waals surface area contributed by atoms with Gasteiger partial charge in [-0.1, -0.05) is 13.8 Å². The van der Waals surface area contributed by atoms with Gasteiger partial charge in [-0.25, -0.2) is 19.5 Å². The summed E-state index contributed by atoms with van der Waals surface area (Å²) in [5, 5.41) is 7.58. The minimum atomic E-state index is -0.0567. The number of aromatic nitrogens is 5. The van der Waals surface area contributed by atoms with Crippen molar-refractivity contribution in [3.05, 3.63) is 60.7 Å². The van der Waals surface area contributed by atoms with Gasteiger partial charge in [0.2, 0.25) is 11.9 Å². The highest BCUT2D eigenvalue weighted by atomic mass is 16.2. The first-order valence-corrected chi connectivity index (χ1v) is 11.1. The molecule has 0 bridgehead atoms. The molecule has 1 atom stereocenters. The molecule has 0 aliphatic carbocycles. The summed E-state index contributed by atoms with van der Waals surface area (Å²) in [5.74, 6) is 1.46. The van der Waals surface area contributed by atoms with Gasteiger partial charge in [-0.15, -0.1) is 0 Å². The first-order chi connectivity index (χ1) is 16.0. The number of piperidine rings is 1. The van der Waals surface area contributed by atoms with Crippen molar-refractivity contribution in [2.24, 2.45) is 5.73 Å². The summed E-state index contributed by atoms with van der Waals surface area (Å²) in [4.78, 5) is 27.4. The van der Waals surface area contributed by atoms with Gasteiger partial charge in [0.1, 0.15) is 5.82 Å². The van der Waals surface area contributed by atoms with Crippen LogP contribution in [-0.4, -0.2) is 43.1 Å². The Labute approximate surface area is 191 Å². The fourth-order valence-electron chi connectivity index (χ4n) is 4.05. The van der Waals surface area contributed by atoms with Crippen LogP contribution in [0.3, 0.4) is 0 Å². The highest BCUT2D eigenvalue weighted by molar-refractivity contribution is 5.94. The molecule has 168 valence electrons. The predicted octanol–water partition coefficient (Wildman–Crippen LogP) is 3.51. The van der Waals surface area contributed by atoms with E-state index in [0.29, 0.717) is 30.6 Å². The highest BCUT2D eigenvalue weighted by Gasteiger charge is 2.24.